The number of amides is 1. The minimum absolute atomic E-state index is 0.00557. The van der Waals surface area contributed by atoms with Gasteiger partial charge < -0.3 is 10.0 Å². The fourth-order valence-corrected chi connectivity index (χ4v) is 4.71. The van der Waals surface area contributed by atoms with Gasteiger partial charge in [0.05, 0.1) is 10.9 Å². The molecule has 0 spiro atoms. The zero-order valence-electron chi connectivity index (χ0n) is 11.6. The quantitative estimate of drug-likeness (QED) is 0.888. The number of aliphatic carboxylic acids is 1. The van der Waals surface area contributed by atoms with Gasteiger partial charge in [0.2, 0.25) is 0 Å². The summed E-state index contributed by atoms with van der Waals surface area (Å²) in [6.07, 6.45) is 2.17. The lowest BCUT2D eigenvalue weighted by molar-refractivity contribution is -0.141. The van der Waals surface area contributed by atoms with Crippen molar-refractivity contribution in [3.63, 3.8) is 0 Å². The molecule has 2 aliphatic rings. The zero-order valence-corrected chi connectivity index (χ0v) is 14.0. The van der Waals surface area contributed by atoms with Gasteiger partial charge >= 0.3 is 5.97 Å². The number of halogens is 1. The molecule has 2 fully saturated rings. The number of hydrogen-bond acceptors (Lipinski definition) is 3. The number of carbonyl (C=O) groups is 2. The second-order valence-corrected chi connectivity index (χ2v) is 7.62. The van der Waals surface area contributed by atoms with Crippen molar-refractivity contribution in [3.05, 3.63) is 33.8 Å². The predicted octanol–water partition coefficient (Wildman–Crippen LogP) is 3.14. The number of rotatable bonds is 3. The number of hydrogen-bond donors (Lipinski definition) is 1. The average molecular weight is 370 g/mol. The van der Waals surface area contributed by atoms with E-state index in [1.807, 2.05) is 25.1 Å². The molecule has 1 N–H and O–H groups in total. The summed E-state index contributed by atoms with van der Waals surface area (Å²) in [5, 5.41) is 9.41. The van der Waals surface area contributed by atoms with Crippen molar-refractivity contribution in [2.24, 2.45) is 5.92 Å². The van der Waals surface area contributed by atoms with Crippen LogP contribution in [0, 0.1) is 12.8 Å². The van der Waals surface area contributed by atoms with E-state index in [1.54, 1.807) is 16.7 Å². The van der Waals surface area contributed by atoms with Crippen molar-refractivity contribution in [2.75, 3.05) is 5.75 Å². The Morgan fingerprint density at radius 2 is 2.10 bits per heavy atom. The van der Waals surface area contributed by atoms with E-state index in [-0.39, 0.29) is 11.3 Å². The number of carboxylic acids is 1. The van der Waals surface area contributed by atoms with E-state index in [1.165, 1.54) is 0 Å². The van der Waals surface area contributed by atoms with Crippen LogP contribution in [0.3, 0.4) is 0 Å². The van der Waals surface area contributed by atoms with Gasteiger partial charge in [0.25, 0.3) is 5.91 Å². The van der Waals surface area contributed by atoms with Crippen molar-refractivity contribution in [2.45, 2.75) is 31.2 Å². The van der Waals surface area contributed by atoms with Crippen molar-refractivity contribution in [1.29, 1.82) is 0 Å². The summed E-state index contributed by atoms with van der Waals surface area (Å²) >= 11 is 5.01. The first-order valence-corrected chi connectivity index (χ1v) is 8.76. The molecule has 0 bridgehead atoms. The summed E-state index contributed by atoms with van der Waals surface area (Å²) in [5.41, 5.74) is 1.54. The van der Waals surface area contributed by atoms with Crippen LogP contribution in [0.25, 0.3) is 0 Å². The van der Waals surface area contributed by atoms with Crippen molar-refractivity contribution in [3.8, 4) is 0 Å². The van der Waals surface area contributed by atoms with Gasteiger partial charge in [-0.3, -0.25) is 4.79 Å². The molecule has 3 rings (SSSR count). The number of carbonyl (C=O) groups excluding carboxylic acids is 1. The SMILES string of the molecule is Cc1ccc(Br)c(C(=O)N2C(C(=O)O)CSC2C2CC2)c1. The number of aryl methyl sites for hydroxylation is 1. The molecule has 0 aromatic heterocycles. The summed E-state index contributed by atoms with van der Waals surface area (Å²) < 4.78 is 0.716. The van der Waals surface area contributed by atoms with Gasteiger partial charge in [-0.2, -0.15) is 0 Å². The van der Waals surface area contributed by atoms with E-state index in [4.69, 9.17) is 0 Å². The molecule has 21 heavy (non-hydrogen) atoms. The highest BCUT2D eigenvalue weighted by Gasteiger charge is 2.48. The van der Waals surface area contributed by atoms with Crippen molar-refractivity contribution in [1.82, 2.24) is 4.90 Å². The predicted molar refractivity (Wildman–Crippen MR) is 85.4 cm³/mol. The van der Waals surface area contributed by atoms with E-state index in [0.29, 0.717) is 21.7 Å². The summed E-state index contributed by atoms with van der Waals surface area (Å²) in [7, 11) is 0. The number of nitrogens with zero attached hydrogens (tertiary/aromatic N) is 1. The number of benzene rings is 1. The zero-order chi connectivity index (χ0) is 15.1. The Hall–Kier alpha value is -1.01. The Bertz CT molecular complexity index is 603. The molecule has 1 aliphatic carbocycles. The minimum atomic E-state index is -0.914. The van der Waals surface area contributed by atoms with E-state index in [2.05, 4.69) is 15.9 Å². The van der Waals surface area contributed by atoms with Gasteiger partial charge in [0.15, 0.2) is 0 Å². The molecule has 0 radical (unpaired) electrons. The number of carboxylic acid groups (broad SMARTS) is 1. The summed E-state index contributed by atoms with van der Waals surface area (Å²) in [6.45, 7) is 1.93. The van der Waals surface area contributed by atoms with Crippen LogP contribution in [0.4, 0.5) is 0 Å². The Balaban J connectivity index is 1.95. The lowest BCUT2D eigenvalue weighted by Crippen LogP contribution is -2.46. The molecule has 1 heterocycles. The van der Waals surface area contributed by atoms with Crippen LogP contribution >= 0.6 is 27.7 Å². The maximum Gasteiger partial charge on any atom is 0.327 e. The first-order valence-electron chi connectivity index (χ1n) is 6.92. The van der Waals surface area contributed by atoms with Gasteiger partial charge in [-0.05, 0) is 53.7 Å². The molecule has 1 saturated heterocycles. The fraction of sp³-hybridized carbons (Fsp3) is 0.467. The van der Waals surface area contributed by atoms with Gasteiger partial charge in [0, 0.05) is 10.2 Å². The maximum atomic E-state index is 12.9. The van der Waals surface area contributed by atoms with Crippen LogP contribution in [0.5, 0.6) is 0 Å². The van der Waals surface area contributed by atoms with Gasteiger partial charge in [-0.15, -0.1) is 11.8 Å². The smallest absolute Gasteiger partial charge is 0.327 e. The summed E-state index contributed by atoms with van der Waals surface area (Å²) in [4.78, 5) is 26.0. The standard InChI is InChI=1S/C15H16BrNO3S/c1-8-2-5-11(16)10(6-8)13(18)17-12(15(19)20)7-21-14(17)9-3-4-9/h2,5-6,9,12,14H,3-4,7H2,1H3,(H,19,20). The molecule has 1 aliphatic heterocycles. The van der Waals surface area contributed by atoms with Crippen molar-refractivity contribution >= 4 is 39.6 Å². The highest BCUT2D eigenvalue weighted by Crippen LogP contribution is 2.46. The van der Waals surface area contributed by atoms with E-state index >= 15 is 0 Å². The van der Waals surface area contributed by atoms with Gasteiger partial charge in [-0.1, -0.05) is 11.6 Å². The third-order valence-electron chi connectivity index (χ3n) is 3.93. The number of thioether (sulfide) groups is 1. The van der Waals surface area contributed by atoms with Gasteiger partial charge in [0.1, 0.15) is 6.04 Å². The fourth-order valence-electron chi connectivity index (χ4n) is 2.66. The van der Waals surface area contributed by atoms with Crippen LogP contribution in [0.1, 0.15) is 28.8 Å². The molecule has 1 aromatic carbocycles. The molecule has 6 heteroatoms. The van der Waals surface area contributed by atoms with Crippen LogP contribution in [0.2, 0.25) is 0 Å². The van der Waals surface area contributed by atoms with Crippen LogP contribution in [-0.4, -0.2) is 39.1 Å². The van der Waals surface area contributed by atoms with Crippen LogP contribution < -0.4 is 0 Å². The second-order valence-electron chi connectivity index (χ2n) is 5.61. The topological polar surface area (TPSA) is 57.6 Å². The third kappa shape index (κ3) is 2.83. The molecule has 2 atom stereocenters. The van der Waals surface area contributed by atoms with Gasteiger partial charge in [-0.25, -0.2) is 4.79 Å². The lowest BCUT2D eigenvalue weighted by atomic mass is 10.1. The highest BCUT2D eigenvalue weighted by atomic mass is 79.9. The monoisotopic (exact) mass is 369 g/mol. The molecular weight excluding hydrogens is 354 g/mol. The normalized spacial score (nSPS) is 25.1. The van der Waals surface area contributed by atoms with E-state index in [9.17, 15) is 14.7 Å². The summed E-state index contributed by atoms with van der Waals surface area (Å²) in [5.74, 6) is -0.166. The summed E-state index contributed by atoms with van der Waals surface area (Å²) in [6, 6.07) is 4.86. The molecule has 2 unspecified atom stereocenters. The van der Waals surface area contributed by atoms with Crippen LogP contribution in [-0.2, 0) is 4.79 Å². The maximum absolute atomic E-state index is 12.9. The molecule has 4 nitrogen and oxygen atoms in total. The van der Waals surface area contributed by atoms with Crippen LogP contribution in [0.15, 0.2) is 22.7 Å². The molecule has 112 valence electrons. The first-order chi connectivity index (χ1) is 9.99. The highest BCUT2D eigenvalue weighted by molar-refractivity contribution is 9.10. The second kappa shape index (κ2) is 5.65. The minimum Gasteiger partial charge on any atom is -0.480 e. The average Bonchev–Trinajstić information content (AvgIpc) is 3.19. The van der Waals surface area contributed by atoms with E-state index in [0.717, 1.165) is 18.4 Å². The Labute approximate surface area is 136 Å². The Morgan fingerprint density at radius 1 is 1.38 bits per heavy atom. The third-order valence-corrected chi connectivity index (χ3v) is 6.09. The van der Waals surface area contributed by atoms with Crippen molar-refractivity contribution < 1.29 is 14.7 Å². The Morgan fingerprint density at radius 3 is 2.71 bits per heavy atom. The molecule has 1 saturated carbocycles. The molecule has 1 aromatic rings. The molecular formula is C15H16BrNO3S. The molecule has 1 amide bonds. The van der Waals surface area contributed by atoms with E-state index < -0.39 is 12.0 Å². The Kier molecular flexibility index (Phi) is 4.01. The largest absolute Gasteiger partial charge is 0.480 e. The lowest BCUT2D eigenvalue weighted by Gasteiger charge is -2.28. The first kappa shape index (κ1) is 14.9.